The van der Waals surface area contributed by atoms with E-state index in [0.717, 1.165) is 15.1 Å². The smallest absolute Gasteiger partial charge is 0.246 e. The Bertz CT molecular complexity index is 397. The average Bonchev–Trinajstić information content (AvgIpc) is 2.66. The summed E-state index contributed by atoms with van der Waals surface area (Å²) in [4.78, 5) is 2.07. The van der Waals surface area contributed by atoms with Gasteiger partial charge in [0.25, 0.3) is 0 Å². The lowest BCUT2D eigenvalue weighted by Gasteiger charge is -2.20. The summed E-state index contributed by atoms with van der Waals surface area (Å²) >= 11 is 2.27. The van der Waals surface area contributed by atoms with Crippen molar-refractivity contribution in [2.24, 2.45) is 0 Å². The third-order valence-electron chi connectivity index (χ3n) is 2.33. The van der Waals surface area contributed by atoms with Crippen LogP contribution in [0, 0.1) is 3.57 Å². The van der Waals surface area contributed by atoms with Crippen LogP contribution in [0.25, 0.3) is 0 Å². The fraction of sp³-hybridized carbons (Fsp3) is 0.273. The number of rotatable bonds is 3. The van der Waals surface area contributed by atoms with Crippen molar-refractivity contribution >= 4 is 39.2 Å². The number of anilines is 1. The van der Waals surface area contributed by atoms with Crippen molar-refractivity contribution in [1.29, 1.82) is 0 Å². The monoisotopic (exact) mass is 355 g/mol. The fourth-order valence-electron chi connectivity index (χ4n) is 1.60. The zero-order valence-electron chi connectivity index (χ0n) is 8.48. The molecule has 1 unspecified atom stereocenters. The van der Waals surface area contributed by atoms with E-state index < -0.39 is 17.3 Å². The number of hydrogen-bond acceptors (Lipinski definition) is 1. The van der Waals surface area contributed by atoms with Gasteiger partial charge in [0.2, 0.25) is 6.43 Å². The quantitative estimate of drug-likeness (QED) is 0.638. The van der Waals surface area contributed by atoms with Crippen LogP contribution in [-0.2, 0) is 0 Å². The molecule has 16 heavy (non-hydrogen) atoms. The molecular formula is C11H12F2INS. The number of alkyl halides is 2. The van der Waals surface area contributed by atoms with Gasteiger partial charge in [-0.2, -0.15) is 0 Å². The van der Waals surface area contributed by atoms with Crippen LogP contribution in [0.3, 0.4) is 0 Å². The van der Waals surface area contributed by atoms with E-state index in [0.29, 0.717) is 0 Å². The maximum Gasteiger partial charge on any atom is 0.246 e. The van der Waals surface area contributed by atoms with E-state index in [4.69, 9.17) is 0 Å². The minimum atomic E-state index is -2.19. The van der Waals surface area contributed by atoms with Crippen LogP contribution in [0.2, 0.25) is 0 Å². The summed E-state index contributed by atoms with van der Waals surface area (Å²) in [7, 11) is -0.668. The van der Waals surface area contributed by atoms with E-state index in [9.17, 15) is 8.78 Å². The van der Waals surface area contributed by atoms with Gasteiger partial charge in [0.15, 0.2) is 0 Å². The maximum atomic E-state index is 12.3. The van der Waals surface area contributed by atoms with Gasteiger partial charge in [-0.3, -0.25) is 0 Å². The molecule has 1 aliphatic heterocycles. The topological polar surface area (TPSA) is 3.24 Å². The first-order chi connectivity index (χ1) is 7.66. The highest BCUT2D eigenvalue weighted by Gasteiger charge is 2.18. The molecule has 0 saturated carbocycles. The van der Waals surface area contributed by atoms with Crippen LogP contribution in [0.15, 0.2) is 35.9 Å². The van der Waals surface area contributed by atoms with Gasteiger partial charge in [0.05, 0.1) is 11.6 Å². The summed E-state index contributed by atoms with van der Waals surface area (Å²) in [6.45, 7) is 0. The molecule has 0 bridgehead atoms. The lowest BCUT2D eigenvalue weighted by atomic mass is 10.3. The van der Waals surface area contributed by atoms with Crippen molar-refractivity contribution in [3.8, 4) is 0 Å². The summed E-state index contributed by atoms with van der Waals surface area (Å²) < 4.78 is 25.7. The molecule has 0 fully saturated rings. The molecule has 1 atom stereocenters. The zero-order valence-corrected chi connectivity index (χ0v) is 11.5. The molecule has 88 valence electrons. The standard InChI is InChI=1S/C11H12F2INS/c12-11(13)7-16-6-5-15(8-16)10-4-2-1-3-9(10)14/h1-6,11,16H,7-8H2. The first-order valence-electron chi connectivity index (χ1n) is 4.88. The molecule has 0 aliphatic carbocycles. The molecule has 1 nitrogen and oxygen atoms in total. The number of halogens is 3. The van der Waals surface area contributed by atoms with Gasteiger partial charge in [-0.1, -0.05) is 12.1 Å². The summed E-state index contributed by atoms with van der Waals surface area (Å²) in [6.07, 6.45) is -0.253. The fourth-order valence-corrected chi connectivity index (χ4v) is 3.97. The van der Waals surface area contributed by atoms with E-state index in [1.807, 2.05) is 35.9 Å². The molecule has 5 heteroatoms. The Morgan fingerprint density at radius 3 is 2.81 bits per heavy atom. The molecule has 1 aromatic rings. The number of benzene rings is 1. The predicted molar refractivity (Wildman–Crippen MR) is 75.5 cm³/mol. The maximum absolute atomic E-state index is 12.3. The van der Waals surface area contributed by atoms with E-state index in [1.165, 1.54) is 0 Å². The molecule has 0 radical (unpaired) electrons. The van der Waals surface area contributed by atoms with E-state index in [2.05, 4.69) is 27.5 Å². The van der Waals surface area contributed by atoms with Crippen molar-refractivity contribution in [3.05, 3.63) is 39.4 Å². The van der Waals surface area contributed by atoms with Crippen molar-refractivity contribution in [3.63, 3.8) is 0 Å². The number of para-hydroxylation sites is 1. The summed E-state index contributed by atoms with van der Waals surface area (Å²) in [5, 5.41) is 1.94. The van der Waals surface area contributed by atoms with Crippen LogP contribution < -0.4 is 4.90 Å². The first kappa shape index (κ1) is 12.2. The van der Waals surface area contributed by atoms with E-state index >= 15 is 0 Å². The number of hydrogen-bond donors (Lipinski definition) is 1. The molecule has 0 spiro atoms. The molecular weight excluding hydrogens is 343 g/mol. The van der Waals surface area contributed by atoms with Gasteiger partial charge >= 0.3 is 0 Å². The van der Waals surface area contributed by atoms with Gasteiger partial charge in [0, 0.05) is 15.5 Å². The average molecular weight is 355 g/mol. The molecule has 0 amide bonds. The van der Waals surface area contributed by atoms with Gasteiger partial charge in [0.1, 0.15) is 0 Å². The predicted octanol–water partition coefficient (Wildman–Crippen LogP) is 3.81. The van der Waals surface area contributed by atoms with Gasteiger partial charge in [-0.15, -0.1) is 0 Å². The van der Waals surface area contributed by atoms with Gasteiger partial charge in [-0.05, 0) is 40.1 Å². The van der Waals surface area contributed by atoms with Gasteiger partial charge < -0.3 is 4.90 Å². The lowest BCUT2D eigenvalue weighted by molar-refractivity contribution is 0.176. The first-order valence-corrected chi connectivity index (χ1v) is 7.74. The Morgan fingerprint density at radius 1 is 1.38 bits per heavy atom. The zero-order chi connectivity index (χ0) is 11.5. The normalized spacial score (nSPS) is 22.0. The molecule has 0 N–H and O–H groups in total. The van der Waals surface area contributed by atoms with E-state index in [-0.39, 0.29) is 5.75 Å². The Balaban J connectivity index is 2.05. The van der Waals surface area contributed by atoms with Crippen LogP contribution in [-0.4, -0.2) is 18.1 Å². The van der Waals surface area contributed by atoms with Crippen molar-refractivity contribution < 1.29 is 8.78 Å². The number of nitrogens with zero attached hydrogens (tertiary/aromatic N) is 1. The molecule has 1 aliphatic rings. The minimum Gasteiger partial charge on any atom is -0.338 e. The van der Waals surface area contributed by atoms with Crippen LogP contribution in [0.1, 0.15) is 0 Å². The second-order valence-corrected chi connectivity index (χ2v) is 6.81. The SMILES string of the molecule is FC(F)C[SH]1C=CN(c2ccccc2I)C1. The molecule has 0 aromatic heterocycles. The molecule has 1 aromatic carbocycles. The Labute approximate surface area is 110 Å². The third-order valence-corrected chi connectivity index (χ3v) is 5.21. The largest absolute Gasteiger partial charge is 0.338 e. The highest BCUT2D eigenvalue weighted by Crippen LogP contribution is 2.38. The van der Waals surface area contributed by atoms with Gasteiger partial charge in [-0.25, -0.2) is 19.7 Å². The highest BCUT2D eigenvalue weighted by molar-refractivity contribution is 14.1. The Kier molecular flexibility index (Phi) is 4.07. The van der Waals surface area contributed by atoms with Crippen molar-refractivity contribution in [2.75, 3.05) is 16.5 Å². The summed E-state index contributed by atoms with van der Waals surface area (Å²) in [6, 6.07) is 8.00. The second kappa shape index (κ2) is 5.35. The summed E-state index contributed by atoms with van der Waals surface area (Å²) in [5.41, 5.74) is 1.11. The summed E-state index contributed by atoms with van der Waals surface area (Å²) in [5.74, 6) is 0.742. The van der Waals surface area contributed by atoms with Crippen molar-refractivity contribution in [1.82, 2.24) is 0 Å². The lowest BCUT2D eigenvalue weighted by Crippen LogP contribution is -2.15. The third kappa shape index (κ3) is 2.88. The van der Waals surface area contributed by atoms with Crippen molar-refractivity contribution in [2.45, 2.75) is 6.43 Å². The molecule has 0 saturated heterocycles. The molecule has 2 rings (SSSR count). The second-order valence-electron chi connectivity index (χ2n) is 3.52. The van der Waals surface area contributed by atoms with Crippen LogP contribution >= 0.6 is 33.5 Å². The Hall–Kier alpha value is -0.300. The van der Waals surface area contributed by atoms with Crippen LogP contribution in [0.5, 0.6) is 0 Å². The Morgan fingerprint density at radius 2 is 2.12 bits per heavy atom. The van der Waals surface area contributed by atoms with E-state index in [1.54, 1.807) is 0 Å². The molecule has 1 heterocycles. The van der Waals surface area contributed by atoms with Crippen LogP contribution in [0.4, 0.5) is 14.5 Å². The highest BCUT2D eigenvalue weighted by atomic mass is 127. The minimum absolute atomic E-state index is 0.0196. The number of thiol groups is 1.